The first kappa shape index (κ1) is 15.4. The Morgan fingerprint density at radius 1 is 1.09 bits per heavy atom. The number of furan rings is 1. The van der Waals surface area contributed by atoms with Crippen molar-refractivity contribution in [1.29, 1.82) is 0 Å². The number of hydrogen-bond donors (Lipinski definition) is 0. The van der Waals surface area contributed by atoms with Crippen LogP contribution in [0.25, 0.3) is 11.0 Å². The first-order chi connectivity index (χ1) is 11.2. The van der Waals surface area contributed by atoms with Crippen LogP contribution in [0.5, 0.6) is 0 Å². The lowest BCUT2D eigenvalue weighted by Crippen LogP contribution is -2.14. The number of hydrogen-bond acceptors (Lipinski definition) is 5. The third kappa shape index (κ3) is 3.29. The van der Waals surface area contributed by atoms with Gasteiger partial charge in [0.25, 0.3) is 0 Å². The summed E-state index contributed by atoms with van der Waals surface area (Å²) in [6.07, 6.45) is 1.88. The van der Waals surface area contributed by atoms with Gasteiger partial charge in [-0.3, -0.25) is 4.79 Å². The van der Waals surface area contributed by atoms with E-state index in [1.807, 2.05) is 36.6 Å². The molecule has 0 atom stereocenters. The van der Waals surface area contributed by atoms with Crippen LogP contribution in [0.2, 0.25) is 0 Å². The molecule has 0 aliphatic rings. The molecule has 0 spiro atoms. The lowest BCUT2D eigenvalue weighted by Gasteiger charge is -2.06. The molecule has 0 unspecified atom stereocenters. The molecule has 0 radical (unpaired) electrons. The fourth-order valence-electron chi connectivity index (χ4n) is 2.21. The van der Waals surface area contributed by atoms with E-state index < -0.39 is 5.97 Å². The molecule has 0 bridgehead atoms. The maximum atomic E-state index is 12.1. The van der Waals surface area contributed by atoms with Crippen molar-refractivity contribution in [3.05, 3.63) is 65.9 Å². The molecule has 1 heterocycles. The molecule has 0 saturated heterocycles. The lowest BCUT2D eigenvalue weighted by molar-refractivity contribution is 0.0465. The Bertz CT molecular complexity index is 833. The molecule has 4 nitrogen and oxygen atoms in total. The number of ketones is 1. The molecular weight excluding hydrogens is 312 g/mol. The zero-order valence-electron chi connectivity index (χ0n) is 12.4. The van der Waals surface area contributed by atoms with E-state index in [0.717, 1.165) is 10.3 Å². The first-order valence-corrected chi connectivity index (χ1v) is 8.23. The second-order valence-corrected chi connectivity index (χ2v) is 5.70. The molecule has 0 aliphatic carbocycles. The third-order valence-electron chi connectivity index (χ3n) is 3.36. The van der Waals surface area contributed by atoms with Gasteiger partial charge in [-0.1, -0.05) is 30.3 Å². The van der Waals surface area contributed by atoms with Crippen LogP contribution < -0.4 is 0 Å². The quantitative estimate of drug-likeness (QED) is 0.400. The smallest absolute Gasteiger partial charge is 0.339 e. The van der Waals surface area contributed by atoms with Crippen molar-refractivity contribution in [3.8, 4) is 0 Å². The van der Waals surface area contributed by atoms with Crippen molar-refractivity contribution in [3.63, 3.8) is 0 Å². The predicted molar refractivity (Wildman–Crippen MR) is 89.1 cm³/mol. The van der Waals surface area contributed by atoms with E-state index in [1.165, 1.54) is 11.8 Å². The summed E-state index contributed by atoms with van der Waals surface area (Å²) in [4.78, 5) is 25.1. The van der Waals surface area contributed by atoms with Gasteiger partial charge in [-0.05, 0) is 30.5 Å². The molecule has 3 aromatic rings. The number of Topliss-reactive ketones (excluding diaryl/α,β-unsaturated/α-hetero) is 1. The highest BCUT2D eigenvalue weighted by atomic mass is 32.2. The predicted octanol–water partition coefficient (Wildman–Crippen LogP) is 4.19. The highest BCUT2D eigenvalue weighted by Crippen LogP contribution is 2.21. The van der Waals surface area contributed by atoms with Crippen LogP contribution in [-0.4, -0.2) is 24.6 Å². The second-order valence-electron chi connectivity index (χ2n) is 4.85. The molecule has 3 rings (SSSR count). The summed E-state index contributed by atoms with van der Waals surface area (Å²) in [5, 5.41) is 0.843. The zero-order chi connectivity index (χ0) is 16.2. The van der Waals surface area contributed by atoms with Crippen LogP contribution in [0.4, 0.5) is 0 Å². The van der Waals surface area contributed by atoms with Crippen molar-refractivity contribution >= 4 is 34.5 Å². The molecule has 0 fully saturated rings. The number of carbonyl (C=O) groups excluding carboxylic acids is 2. The lowest BCUT2D eigenvalue weighted by atomic mass is 10.2. The molecule has 1 aromatic heterocycles. The van der Waals surface area contributed by atoms with E-state index >= 15 is 0 Å². The van der Waals surface area contributed by atoms with Gasteiger partial charge in [0, 0.05) is 10.3 Å². The molecule has 0 saturated carbocycles. The maximum Gasteiger partial charge on any atom is 0.339 e. The fourth-order valence-corrected chi connectivity index (χ4v) is 2.80. The Labute approximate surface area is 137 Å². The number of ether oxygens (including phenoxy) is 1. The first-order valence-electron chi connectivity index (χ1n) is 7.01. The molecule has 2 aromatic carbocycles. The third-order valence-corrected chi connectivity index (χ3v) is 4.16. The van der Waals surface area contributed by atoms with E-state index in [2.05, 4.69) is 0 Å². The van der Waals surface area contributed by atoms with Crippen LogP contribution in [-0.2, 0) is 4.74 Å². The van der Waals surface area contributed by atoms with Gasteiger partial charge in [-0.2, -0.15) is 0 Å². The van der Waals surface area contributed by atoms with Gasteiger partial charge in [0.1, 0.15) is 5.58 Å². The van der Waals surface area contributed by atoms with Gasteiger partial charge in [0.05, 0.1) is 5.56 Å². The fraction of sp³-hybridized carbons (Fsp3) is 0.111. The average molecular weight is 326 g/mol. The highest BCUT2D eigenvalue weighted by molar-refractivity contribution is 7.98. The number of fused-ring (bicyclic) bond motifs is 1. The van der Waals surface area contributed by atoms with Crippen molar-refractivity contribution in [2.45, 2.75) is 4.90 Å². The summed E-state index contributed by atoms with van der Waals surface area (Å²) in [6, 6.07) is 16.1. The second kappa shape index (κ2) is 6.71. The minimum atomic E-state index is -0.514. The monoisotopic (exact) mass is 326 g/mol. The van der Waals surface area contributed by atoms with Crippen molar-refractivity contribution in [2.75, 3.05) is 12.9 Å². The Hall–Kier alpha value is -2.53. The molecule has 0 aliphatic heterocycles. The summed E-state index contributed by atoms with van der Waals surface area (Å²) in [5.41, 5.74) is 1.09. The van der Waals surface area contributed by atoms with E-state index in [-0.39, 0.29) is 18.2 Å². The zero-order valence-corrected chi connectivity index (χ0v) is 13.3. The van der Waals surface area contributed by atoms with E-state index in [0.29, 0.717) is 11.1 Å². The number of esters is 1. The number of rotatable bonds is 5. The molecule has 5 heteroatoms. The number of carbonyl (C=O) groups is 2. The standard InChI is InChI=1S/C18H14O4S/c1-23-17-9-5-3-7-13(17)18(20)21-11-14(19)16-10-12-6-2-4-8-15(12)22-16/h2-10H,11H2,1H3. The van der Waals surface area contributed by atoms with Crippen LogP contribution in [0.3, 0.4) is 0 Å². The van der Waals surface area contributed by atoms with Crippen LogP contribution in [0.1, 0.15) is 20.9 Å². The largest absolute Gasteiger partial charge is 0.454 e. The van der Waals surface area contributed by atoms with E-state index in [9.17, 15) is 9.59 Å². The molecular formula is C18H14O4S. The minimum absolute atomic E-state index is 0.192. The van der Waals surface area contributed by atoms with Gasteiger partial charge < -0.3 is 9.15 Å². The Morgan fingerprint density at radius 2 is 1.83 bits per heavy atom. The van der Waals surface area contributed by atoms with E-state index in [1.54, 1.807) is 24.3 Å². The summed E-state index contributed by atoms with van der Waals surface area (Å²) in [5.74, 6) is -0.687. The van der Waals surface area contributed by atoms with Crippen LogP contribution in [0.15, 0.2) is 63.9 Å². The van der Waals surface area contributed by atoms with Gasteiger partial charge in [0.15, 0.2) is 12.4 Å². The van der Waals surface area contributed by atoms with Crippen molar-refractivity contribution in [1.82, 2.24) is 0 Å². The number of para-hydroxylation sites is 1. The summed E-state index contributed by atoms with van der Waals surface area (Å²) >= 11 is 1.45. The number of benzene rings is 2. The van der Waals surface area contributed by atoms with Crippen molar-refractivity contribution in [2.24, 2.45) is 0 Å². The van der Waals surface area contributed by atoms with E-state index in [4.69, 9.17) is 9.15 Å². The van der Waals surface area contributed by atoms with Gasteiger partial charge in [-0.25, -0.2) is 4.79 Å². The highest BCUT2D eigenvalue weighted by Gasteiger charge is 2.17. The van der Waals surface area contributed by atoms with Crippen LogP contribution >= 0.6 is 11.8 Å². The summed E-state index contributed by atoms with van der Waals surface area (Å²) in [7, 11) is 0. The molecule has 23 heavy (non-hydrogen) atoms. The topological polar surface area (TPSA) is 56.5 Å². The normalized spacial score (nSPS) is 10.7. The molecule has 0 amide bonds. The average Bonchev–Trinajstić information content (AvgIpc) is 3.03. The molecule has 0 N–H and O–H groups in total. The molecule has 116 valence electrons. The Kier molecular flexibility index (Phi) is 4.48. The Morgan fingerprint density at radius 3 is 2.61 bits per heavy atom. The summed E-state index contributed by atoms with van der Waals surface area (Å²) in [6.45, 7) is -0.346. The van der Waals surface area contributed by atoms with Gasteiger partial charge in [-0.15, -0.1) is 11.8 Å². The Balaban J connectivity index is 1.70. The number of thioether (sulfide) groups is 1. The van der Waals surface area contributed by atoms with Crippen LogP contribution in [0, 0.1) is 0 Å². The summed E-state index contributed by atoms with van der Waals surface area (Å²) < 4.78 is 10.6. The SMILES string of the molecule is CSc1ccccc1C(=O)OCC(=O)c1cc2ccccc2o1. The van der Waals surface area contributed by atoms with Gasteiger partial charge in [0.2, 0.25) is 5.78 Å². The maximum absolute atomic E-state index is 12.1. The van der Waals surface area contributed by atoms with Gasteiger partial charge >= 0.3 is 5.97 Å². The van der Waals surface area contributed by atoms with Crippen molar-refractivity contribution < 1.29 is 18.7 Å². The minimum Gasteiger partial charge on any atom is -0.454 e.